The van der Waals surface area contributed by atoms with Crippen LogP contribution in [0.4, 0.5) is 17.2 Å². The van der Waals surface area contributed by atoms with Gasteiger partial charge in [-0.1, -0.05) is 0 Å². The number of hydrogen-bond acceptors (Lipinski definition) is 5. The molecule has 2 aromatic rings. The number of carbonyl (C=O) groups is 1. The molecule has 0 fully saturated rings. The molecule has 0 atom stereocenters. The monoisotopic (exact) mass is 299 g/mol. The van der Waals surface area contributed by atoms with Crippen molar-refractivity contribution in [2.75, 3.05) is 29.1 Å². The number of fused-ring (bicyclic) bond motifs is 2. The highest BCUT2D eigenvalue weighted by Gasteiger charge is 2.28. The summed E-state index contributed by atoms with van der Waals surface area (Å²) in [5.41, 5.74) is 1.74. The van der Waals surface area contributed by atoms with Crippen molar-refractivity contribution in [2.45, 2.75) is 4.90 Å². The fourth-order valence-electron chi connectivity index (χ4n) is 2.52. The van der Waals surface area contributed by atoms with E-state index in [1.54, 1.807) is 11.1 Å². The number of amides is 1. The average molecular weight is 299 g/mol. The number of ether oxygens (including phenoxy) is 1. The molecule has 0 radical (unpaired) electrons. The lowest BCUT2D eigenvalue weighted by Gasteiger charge is -2.29. The Labute approximate surface area is 126 Å². The van der Waals surface area contributed by atoms with Gasteiger partial charge in [0.05, 0.1) is 22.0 Å². The number of thioether (sulfide) groups is 1. The van der Waals surface area contributed by atoms with Crippen LogP contribution >= 0.6 is 11.8 Å². The van der Waals surface area contributed by atoms with Crippen LogP contribution in [0.15, 0.2) is 41.4 Å². The molecule has 1 N–H and O–H groups in total. The van der Waals surface area contributed by atoms with Crippen molar-refractivity contribution in [2.24, 2.45) is 0 Å². The largest absolute Gasteiger partial charge is 0.490 e. The van der Waals surface area contributed by atoms with E-state index in [4.69, 9.17) is 4.74 Å². The predicted octanol–water partition coefficient (Wildman–Crippen LogP) is 2.66. The van der Waals surface area contributed by atoms with E-state index in [1.807, 2.05) is 30.3 Å². The van der Waals surface area contributed by atoms with Gasteiger partial charge in [0.1, 0.15) is 12.4 Å². The van der Waals surface area contributed by atoms with Crippen molar-refractivity contribution in [1.82, 2.24) is 4.98 Å². The SMILES string of the molecule is O=C1CSc2cccnc2N1c1ccc2c(c1)NCCO2. The fraction of sp³-hybridized carbons (Fsp3) is 0.200. The second-order valence-electron chi connectivity index (χ2n) is 4.80. The average Bonchev–Trinajstić information content (AvgIpc) is 2.54. The summed E-state index contributed by atoms with van der Waals surface area (Å²) in [7, 11) is 0. The molecule has 0 aliphatic carbocycles. The van der Waals surface area contributed by atoms with Crippen molar-refractivity contribution in [3.63, 3.8) is 0 Å². The Hall–Kier alpha value is -2.21. The molecular formula is C15H13N3O2S. The number of aromatic nitrogens is 1. The van der Waals surface area contributed by atoms with E-state index in [0.29, 0.717) is 18.2 Å². The maximum Gasteiger partial charge on any atom is 0.243 e. The van der Waals surface area contributed by atoms with Gasteiger partial charge in [-0.3, -0.25) is 9.69 Å². The first-order chi connectivity index (χ1) is 10.3. The third-order valence-electron chi connectivity index (χ3n) is 3.46. The molecule has 1 amide bonds. The predicted molar refractivity (Wildman–Crippen MR) is 82.5 cm³/mol. The number of hydrogen-bond donors (Lipinski definition) is 1. The molecular weight excluding hydrogens is 286 g/mol. The quantitative estimate of drug-likeness (QED) is 0.877. The van der Waals surface area contributed by atoms with Gasteiger partial charge in [-0.25, -0.2) is 4.98 Å². The molecule has 4 rings (SSSR count). The number of anilines is 3. The minimum atomic E-state index is 0.0443. The van der Waals surface area contributed by atoms with Crippen LogP contribution in [-0.2, 0) is 4.79 Å². The summed E-state index contributed by atoms with van der Waals surface area (Å²) in [6, 6.07) is 9.63. The van der Waals surface area contributed by atoms with E-state index in [2.05, 4.69) is 10.3 Å². The highest BCUT2D eigenvalue weighted by Crippen LogP contribution is 2.40. The first kappa shape index (κ1) is 12.5. The molecule has 2 aliphatic rings. The number of nitrogens with one attached hydrogen (secondary N) is 1. The van der Waals surface area contributed by atoms with Crippen molar-refractivity contribution < 1.29 is 9.53 Å². The molecule has 0 saturated heterocycles. The summed E-state index contributed by atoms with van der Waals surface area (Å²) < 4.78 is 5.58. The van der Waals surface area contributed by atoms with Crippen molar-refractivity contribution in [1.29, 1.82) is 0 Å². The molecule has 6 heteroatoms. The van der Waals surface area contributed by atoms with Crippen LogP contribution in [0.3, 0.4) is 0 Å². The molecule has 0 saturated carbocycles. The molecule has 1 aromatic heterocycles. The van der Waals surface area contributed by atoms with Crippen LogP contribution in [0.2, 0.25) is 0 Å². The van der Waals surface area contributed by atoms with Crippen LogP contribution < -0.4 is 15.0 Å². The number of pyridine rings is 1. The summed E-state index contributed by atoms with van der Waals surface area (Å²) in [6.07, 6.45) is 1.71. The Balaban J connectivity index is 1.80. The highest BCUT2D eigenvalue weighted by molar-refractivity contribution is 8.00. The van der Waals surface area contributed by atoms with Gasteiger partial charge in [0.15, 0.2) is 5.82 Å². The molecule has 2 aliphatic heterocycles. The Bertz CT molecular complexity index is 720. The van der Waals surface area contributed by atoms with Gasteiger partial charge in [0, 0.05) is 12.7 Å². The van der Waals surface area contributed by atoms with Crippen LogP contribution in [-0.4, -0.2) is 29.8 Å². The number of carbonyl (C=O) groups excluding carboxylic acids is 1. The standard InChI is InChI=1S/C15H13N3O2S/c19-14-9-21-13-2-1-5-17-15(13)18(14)10-3-4-12-11(8-10)16-6-7-20-12/h1-5,8,16H,6-7,9H2. The van der Waals surface area contributed by atoms with Crippen LogP contribution in [0, 0.1) is 0 Å². The number of nitrogens with zero attached hydrogens (tertiary/aromatic N) is 2. The van der Waals surface area contributed by atoms with Crippen LogP contribution in [0.25, 0.3) is 0 Å². The highest BCUT2D eigenvalue weighted by atomic mass is 32.2. The van der Waals surface area contributed by atoms with Crippen molar-refractivity contribution in [3.05, 3.63) is 36.5 Å². The number of rotatable bonds is 1. The van der Waals surface area contributed by atoms with Gasteiger partial charge >= 0.3 is 0 Å². The van der Waals surface area contributed by atoms with Gasteiger partial charge in [0.25, 0.3) is 0 Å². The Morgan fingerprint density at radius 1 is 1.33 bits per heavy atom. The van der Waals surface area contributed by atoms with E-state index in [-0.39, 0.29) is 5.91 Å². The van der Waals surface area contributed by atoms with Gasteiger partial charge in [-0.2, -0.15) is 0 Å². The van der Waals surface area contributed by atoms with E-state index >= 15 is 0 Å². The molecule has 5 nitrogen and oxygen atoms in total. The van der Waals surface area contributed by atoms with Crippen molar-refractivity contribution >= 4 is 34.9 Å². The summed E-state index contributed by atoms with van der Waals surface area (Å²) in [5, 5.41) is 3.29. The molecule has 0 bridgehead atoms. The summed E-state index contributed by atoms with van der Waals surface area (Å²) in [4.78, 5) is 19.4. The third-order valence-corrected chi connectivity index (χ3v) is 4.48. The maximum atomic E-state index is 12.3. The van der Waals surface area contributed by atoms with E-state index in [9.17, 15) is 4.79 Å². The van der Waals surface area contributed by atoms with E-state index in [0.717, 1.165) is 28.6 Å². The zero-order valence-electron chi connectivity index (χ0n) is 11.2. The van der Waals surface area contributed by atoms with Gasteiger partial charge in [-0.15, -0.1) is 11.8 Å². The van der Waals surface area contributed by atoms with Gasteiger partial charge in [0.2, 0.25) is 5.91 Å². The Morgan fingerprint density at radius 3 is 3.24 bits per heavy atom. The lowest BCUT2D eigenvalue weighted by molar-refractivity contribution is -0.115. The summed E-state index contributed by atoms with van der Waals surface area (Å²) in [5.74, 6) is 2.00. The summed E-state index contributed by atoms with van der Waals surface area (Å²) >= 11 is 1.53. The first-order valence-corrected chi connectivity index (χ1v) is 7.73. The molecule has 21 heavy (non-hydrogen) atoms. The van der Waals surface area contributed by atoms with Gasteiger partial charge in [-0.05, 0) is 30.3 Å². The molecule has 106 valence electrons. The third kappa shape index (κ3) is 2.12. The lowest BCUT2D eigenvalue weighted by atomic mass is 10.2. The second-order valence-corrected chi connectivity index (χ2v) is 5.82. The molecule has 1 aromatic carbocycles. The topological polar surface area (TPSA) is 54.5 Å². The smallest absolute Gasteiger partial charge is 0.243 e. The lowest BCUT2D eigenvalue weighted by Crippen LogP contribution is -2.32. The zero-order valence-corrected chi connectivity index (χ0v) is 12.0. The second kappa shape index (κ2) is 4.96. The van der Waals surface area contributed by atoms with Crippen molar-refractivity contribution in [3.8, 4) is 5.75 Å². The zero-order chi connectivity index (χ0) is 14.2. The Kier molecular flexibility index (Phi) is 2.96. The minimum absolute atomic E-state index is 0.0443. The fourth-order valence-corrected chi connectivity index (χ4v) is 3.37. The van der Waals surface area contributed by atoms with E-state index < -0.39 is 0 Å². The van der Waals surface area contributed by atoms with E-state index in [1.165, 1.54) is 11.8 Å². The first-order valence-electron chi connectivity index (χ1n) is 6.74. The minimum Gasteiger partial charge on any atom is -0.490 e. The molecule has 0 unspecified atom stereocenters. The van der Waals surface area contributed by atoms with Gasteiger partial charge < -0.3 is 10.1 Å². The molecule has 0 spiro atoms. The summed E-state index contributed by atoms with van der Waals surface area (Å²) in [6.45, 7) is 1.44. The van der Waals surface area contributed by atoms with Crippen LogP contribution in [0.5, 0.6) is 5.75 Å². The maximum absolute atomic E-state index is 12.3. The van der Waals surface area contributed by atoms with Crippen LogP contribution in [0.1, 0.15) is 0 Å². The molecule has 3 heterocycles. The Morgan fingerprint density at radius 2 is 2.29 bits per heavy atom. The number of benzene rings is 1. The normalized spacial score (nSPS) is 16.6.